The van der Waals surface area contributed by atoms with Gasteiger partial charge < -0.3 is 24.2 Å². The van der Waals surface area contributed by atoms with E-state index >= 15 is 0 Å². The Hall–Kier alpha value is -1.02. The van der Waals surface area contributed by atoms with Crippen LogP contribution in [-0.4, -0.2) is 70.3 Å². The Bertz CT molecular complexity index is 898. The van der Waals surface area contributed by atoms with E-state index in [-0.39, 0.29) is 6.42 Å². The van der Waals surface area contributed by atoms with Gasteiger partial charge in [-0.3, -0.25) is 4.79 Å². The monoisotopic (exact) mass is 517 g/mol. The summed E-state index contributed by atoms with van der Waals surface area (Å²) in [4.78, 5) is 12.7. The van der Waals surface area contributed by atoms with Crippen molar-refractivity contribution in [2.75, 3.05) is 6.61 Å². The minimum Gasteiger partial charge on any atom is -0.743 e. The third-order valence-corrected chi connectivity index (χ3v) is 9.17. The van der Waals surface area contributed by atoms with E-state index in [1.54, 1.807) is 0 Å². The number of rotatable bonds is 8. The van der Waals surface area contributed by atoms with Gasteiger partial charge in [0.05, 0.1) is 42.4 Å². The third kappa shape index (κ3) is 4.14. The highest BCUT2D eigenvalue weighted by molar-refractivity contribution is 7.86. The first-order valence-electron chi connectivity index (χ1n) is 11.6. The van der Waals surface area contributed by atoms with Crippen LogP contribution in [0, 0.1) is 17.8 Å². The van der Waals surface area contributed by atoms with E-state index < -0.39 is 81.5 Å². The maximum atomic E-state index is 13.7. The van der Waals surface area contributed by atoms with Crippen molar-refractivity contribution in [3.63, 3.8) is 0 Å². The fourth-order valence-corrected chi connectivity index (χ4v) is 7.11. The Balaban J connectivity index is 1.45. The zero-order valence-electron chi connectivity index (χ0n) is 18.4. The number of halogens is 4. The number of ether oxygens (including phenoxy) is 2. The summed E-state index contributed by atoms with van der Waals surface area (Å²) in [7, 11) is -6.62. The molecular weight excluding hydrogens is 488 g/mol. The highest BCUT2D eigenvalue weighted by atomic mass is 32.2. The predicted molar refractivity (Wildman–Crippen MR) is 106 cm³/mol. The van der Waals surface area contributed by atoms with E-state index in [4.69, 9.17) is 9.47 Å². The minimum atomic E-state index is -6.62. The van der Waals surface area contributed by atoms with Crippen molar-refractivity contribution >= 4 is 16.1 Å². The molecule has 5 atom stereocenters. The Kier molecular flexibility index (Phi) is 6.54. The van der Waals surface area contributed by atoms with Gasteiger partial charge in [-0.15, -0.1) is 0 Å². The van der Waals surface area contributed by atoms with Crippen LogP contribution in [0.3, 0.4) is 0 Å². The molecule has 0 aromatic rings. The lowest BCUT2D eigenvalue weighted by atomic mass is 9.60. The molecule has 0 radical (unpaired) electrons. The normalized spacial score (nSPS) is 35.1. The molecule has 34 heavy (non-hydrogen) atoms. The highest BCUT2D eigenvalue weighted by Crippen LogP contribution is 2.60. The quantitative estimate of drug-likeness (QED) is 0.285. The number of hydrogen-bond donors (Lipinski definition) is 2. The number of carbonyl (C=O) groups is 1. The van der Waals surface area contributed by atoms with Gasteiger partial charge in [-0.05, 0) is 32.1 Å². The average molecular weight is 518 g/mol. The zero-order valence-corrected chi connectivity index (χ0v) is 19.2. The van der Waals surface area contributed by atoms with Crippen LogP contribution in [0.15, 0.2) is 0 Å². The van der Waals surface area contributed by atoms with E-state index in [0.29, 0.717) is 25.7 Å². The fraction of sp³-hybridized carbons (Fsp3) is 0.952. The van der Waals surface area contributed by atoms with Crippen molar-refractivity contribution in [2.24, 2.45) is 17.8 Å². The van der Waals surface area contributed by atoms with Gasteiger partial charge in [-0.1, -0.05) is 25.7 Å². The van der Waals surface area contributed by atoms with Gasteiger partial charge in [0.2, 0.25) is 0 Å². The molecule has 2 aliphatic carbocycles. The van der Waals surface area contributed by atoms with Crippen molar-refractivity contribution in [1.82, 2.24) is 0 Å². The molecule has 2 N–H and O–H groups in total. The van der Waals surface area contributed by atoms with Crippen molar-refractivity contribution in [3.05, 3.63) is 0 Å². The summed E-state index contributed by atoms with van der Waals surface area (Å²) in [5.41, 5.74) is -2.19. The van der Waals surface area contributed by atoms with Gasteiger partial charge >= 0.3 is 17.1 Å². The molecule has 0 aromatic heterocycles. The van der Waals surface area contributed by atoms with E-state index in [0.717, 1.165) is 25.7 Å². The van der Waals surface area contributed by atoms with E-state index in [2.05, 4.69) is 0 Å². The summed E-state index contributed by atoms with van der Waals surface area (Å²) < 4.78 is 96.2. The second kappa shape index (κ2) is 8.53. The molecule has 5 unspecified atom stereocenters. The molecule has 2 saturated heterocycles. The van der Waals surface area contributed by atoms with Gasteiger partial charge in [-0.2, -0.15) is 17.6 Å². The SMILES string of the molecule is O=C(OCCC(F)(F)C(F)(F)S(=O)(=O)[O-])C1CC2OC1C(C1(O)CCCC1)C2C1(O)CCCC1. The number of carbonyl (C=O) groups excluding carboxylic acids is 1. The predicted octanol–water partition coefficient (Wildman–Crippen LogP) is 2.32. The standard InChI is InChI=1S/C21H30F4O8S/c22-20(23,21(24,25)34(29,30)31)9-10-32-17(26)12-11-13-14(18(27)5-1-2-6-18)15(16(12)33-13)19(28)7-3-4-8-19/h12-16,27-28H,1-11H2,(H,29,30,31)/p-1. The smallest absolute Gasteiger partial charge is 0.396 e. The number of alkyl halides is 4. The molecule has 4 rings (SSSR count). The summed E-state index contributed by atoms with van der Waals surface area (Å²) in [6.07, 6.45) is 2.18. The molecule has 0 spiro atoms. The first-order chi connectivity index (χ1) is 15.6. The maximum Gasteiger partial charge on any atom is 0.396 e. The van der Waals surface area contributed by atoms with Crippen LogP contribution in [0.5, 0.6) is 0 Å². The van der Waals surface area contributed by atoms with Crippen molar-refractivity contribution in [3.8, 4) is 0 Å². The topological polar surface area (TPSA) is 133 Å². The van der Waals surface area contributed by atoms with Crippen LogP contribution in [0.25, 0.3) is 0 Å². The first-order valence-corrected chi connectivity index (χ1v) is 13.0. The largest absolute Gasteiger partial charge is 0.743 e. The van der Waals surface area contributed by atoms with Crippen molar-refractivity contribution < 1.29 is 55.0 Å². The molecular formula is C21H29F4O8S-. The first kappa shape index (κ1) is 26.1. The summed E-state index contributed by atoms with van der Waals surface area (Å²) in [5, 5.41) is 16.9. The van der Waals surface area contributed by atoms with Crippen LogP contribution in [0.1, 0.15) is 64.2 Å². The lowest BCUT2D eigenvalue weighted by Crippen LogP contribution is -2.56. The van der Waals surface area contributed by atoms with Crippen LogP contribution < -0.4 is 0 Å². The number of esters is 1. The number of fused-ring (bicyclic) bond motifs is 2. The number of aliphatic hydroxyl groups is 2. The molecule has 4 fully saturated rings. The molecule has 2 aliphatic heterocycles. The van der Waals surface area contributed by atoms with Crippen LogP contribution in [-0.2, 0) is 24.4 Å². The number of hydrogen-bond acceptors (Lipinski definition) is 8. The Labute approximate surface area is 194 Å². The van der Waals surface area contributed by atoms with Gasteiger partial charge in [0.15, 0.2) is 10.1 Å². The summed E-state index contributed by atoms with van der Waals surface area (Å²) >= 11 is 0. The Morgan fingerprint density at radius 3 is 2.00 bits per heavy atom. The van der Waals surface area contributed by atoms with Crippen LogP contribution in [0.4, 0.5) is 17.6 Å². The molecule has 8 nitrogen and oxygen atoms in total. The Morgan fingerprint density at radius 1 is 1.00 bits per heavy atom. The summed E-state index contributed by atoms with van der Waals surface area (Å²) in [6.45, 7) is -1.23. The highest BCUT2D eigenvalue weighted by Gasteiger charge is 2.67. The summed E-state index contributed by atoms with van der Waals surface area (Å²) in [6, 6.07) is 0. The average Bonchev–Trinajstić information content (AvgIpc) is 3.50. The maximum absolute atomic E-state index is 13.7. The van der Waals surface area contributed by atoms with Gasteiger partial charge in [0, 0.05) is 11.8 Å². The third-order valence-electron chi connectivity index (χ3n) is 8.24. The Morgan fingerprint density at radius 2 is 1.50 bits per heavy atom. The van der Waals surface area contributed by atoms with E-state index in [9.17, 15) is 45.5 Å². The van der Waals surface area contributed by atoms with Gasteiger partial charge in [-0.25, -0.2) is 8.42 Å². The van der Waals surface area contributed by atoms with E-state index in [1.807, 2.05) is 0 Å². The van der Waals surface area contributed by atoms with Gasteiger partial charge in [0.1, 0.15) is 0 Å². The minimum absolute atomic E-state index is 0.130. The molecule has 0 aromatic carbocycles. The molecule has 2 heterocycles. The van der Waals surface area contributed by atoms with Crippen LogP contribution >= 0.6 is 0 Å². The summed E-state index contributed by atoms with van der Waals surface area (Å²) in [5.74, 6) is -8.11. The molecule has 196 valence electrons. The zero-order chi connectivity index (χ0) is 25.2. The van der Waals surface area contributed by atoms with Crippen molar-refractivity contribution in [1.29, 1.82) is 0 Å². The lowest BCUT2D eigenvalue weighted by molar-refractivity contribution is -0.178. The van der Waals surface area contributed by atoms with Crippen LogP contribution in [0.2, 0.25) is 0 Å². The molecule has 2 bridgehead atoms. The molecule has 2 saturated carbocycles. The molecule has 4 aliphatic rings. The second-order valence-electron chi connectivity index (χ2n) is 10.2. The van der Waals surface area contributed by atoms with Gasteiger partial charge in [0.25, 0.3) is 0 Å². The van der Waals surface area contributed by atoms with E-state index in [1.165, 1.54) is 0 Å². The van der Waals surface area contributed by atoms with Crippen molar-refractivity contribution in [2.45, 2.75) is 98.8 Å². The lowest BCUT2D eigenvalue weighted by Gasteiger charge is -2.46. The second-order valence-corrected chi connectivity index (χ2v) is 11.7. The molecule has 13 heteroatoms. The molecule has 0 amide bonds. The fourth-order valence-electron chi connectivity index (χ4n) is 6.65.